The second kappa shape index (κ2) is 8.24. The molecular formula is C22H21NO6S2. The SMILES string of the molecule is CCOc1ccc2c(c1)c(CCC(=O)O)cn2S(=O)(=O)c1ccc(-c2ccc(C)o2)s1. The molecule has 0 aliphatic heterocycles. The van der Waals surface area contributed by atoms with Crippen molar-refractivity contribution in [1.82, 2.24) is 3.97 Å². The first-order valence-electron chi connectivity index (χ1n) is 9.70. The van der Waals surface area contributed by atoms with E-state index in [1.165, 1.54) is 10.2 Å². The Morgan fingerprint density at radius 2 is 2.00 bits per heavy atom. The molecule has 0 spiro atoms. The number of carboxylic acid groups (broad SMARTS) is 1. The molecule has 0 unspecified atom stereocenters. The Bertz CT molecular complexity index is 1360. The largest absolute Gasteiger partial charge is 0.494 e. The quantitative estimate of drug-likeness (QED) is 0.401. The zero-order valence-corrected chi connectivity index (χ0v) is 18.6. The van der Waals surface area contributed by atoms with Gasteiger partial charge in [0.05, 0.1) is 17.0 Å². The molecule has 0 amide bonds. The van der Waals surface area contributed by atoms with Crippen LogP contribution in [0.3, 0.4) is 0 Å². The fraction of sp³-hybridized carbons (Fsp3) is 0.227. The summed E-state index contributed by atoms with van der Waals surface area (Å²) in [7, 11) is -3.88. The number of hydrogen-bond donors (Lipinski definition) is 1. The molecule has 7 nitrogen and oxygen atoms in total. The number of rotatable bonds is 8. The van der Waals surface area contributed by atoms with E-state index >= 15 is 0 Å². The maximum absolute atomic E-state index is 13.5. The van der Waals surface area contributed by atoms with E-state index in [-0.39, 0.29) is 17.1 Å². The van der Waals surface area contributed by atoms with Crippen molar-refractivity contribution >= 4 is 38.2 Å². The first kappa shape index (κ1) is 21.2. The Labute approximate surface area is 183 Å². The second-order valence-electron chi connectivity index (χ2n) is 6.99. The molecule has 1 aromatic carbocycles. The number of aromatic nitrogens is 1. The van der Waals surface area contributed by atoms with Gasteiger partial charge in [-0.3, -0.25) is 4.79 Å². The van der Waals surface area contributed by atoms with Gasteiger partial charge in [-0.2, -0.15) is 8.42 Å². The first-order valence-corrected chi connectivity index (χ1v) is 12.0. The van der Waals surface area contributed by atoms with Gasteiger partial charge in [0.15, 0.2) is 0 Å². The highest BCUT2D eigenvalue weighted by molar-refractivity contribution is 7.92. The third-order valence-electron chi connectivity index (χ3n) is 4.82. The van der Waals surface area contributed by atoms with Crippen molar-refractivity contribution in [1.29, 1.82) is 0 Å². The summed E-state index contributed by atoms with van der Waals surface area (Å²) in [6, 6.07) is 12.1. The van der Waals surface area contributed by atoms with E-state index < -0.39 is 16.0 Å². The molecule has 0 saturated carbocycles. The second-order valence-corrected chi connectivity index (χ2v) is 10.1. The van der Waals surface area contributed by atoms with Gasteiger partial charge in [0, 0.05) is 18.0 Å². The molecule has 162 valence electrons. The minimum absolute atomic E-state index is 0.0982. The number of benzene rings is 1. The van der Waals surface area contributed by atoms with Crippen LogP contribution in [0.5, 0.6) is 5.75 Å². The van der Waals surface area contributed by atoms with Crippen molar-refractivity contribution < 1.29 is 27.5 Å². The van der Waals surface area contributed by atoms with Gasteiger partial charge in [-0.1, -0.05) is 0 Å². The van der Waals surface area contributed by atoms with Gasteiger partial charge in [-0.15, -0.1) is 11.3 Å². The number of carbonyl (C=O) groups is 1. The van der Waals surface area contributed by atoms with E-state index in [0.29, 0.717) is 39.5 Å². The number of fused-ring (bicyclic) bond motifs is 1. The van der Waals surface area contributed by atoms with Crippen molar-refractivity contribution in [2.45, 2.75) is 30.9 Å². The number of thiophene rings is 1. The van der Waals surface area contributed by atoms with Crippen LogP contribution in [0.15, 0.2) is 57.3 Å². The molecule has 0 aliphatic rings. The van der Waals surface area contributed by atoms with Crippen LogP contribution >= 0.6 is 11.3 Å². The number of hydrogen-bond acceptors (Lipinski definition) is 6. The molecular weight excluding hydrogens is 438 g/mol. The molecule has 9 heteroatoms. The van der Waals surface area contributed by atoms with Crippen molar-refractivity contribution in [3.05, 3.63) is 60.0 Å². The summed E-state index contributed by atoms with van der Waals surface area (Å²) >= 11 is 1.13. The van der Waals surface area contributed by atoms with Gasteiger partial charge in [-0.25, -0.2) is 3.97 Å². The fourth-order valence-corrected chi connectivity index (χ4v) is 6.15. The average Bonchev–Trinajstić information content (AvgIpc) is 3.45. The first-order chi connectivity index (χ1) is 14.8. The molecule has 0 radical (unpaired) electrons. The normalized spacial score (nSPS) is 11.8. The highest BCUT2D eigenvalue weighted by Crippen LogP contribution is 2.35. The molecule has 31 heavy (non-hydrogen) atoms. The molecule has 0 fully saturated rings. The van der Waals surface area contributed by atoms with E-state index in [4.69, 9.17) is 14.3 Å². The number of furan rings is 1. The standard InChI is InChI=1S/C22H21NO6S2/c1-3-28-16-6-7-18-17(12-16)15(5-10-21(24)25)13-23(18)31(26,27)22-11-9-20(30-22)19-8-4-14(2)29-19/h4,6-9,11-13H,3,5,10H2,1-2H3,(H,24,25). The van der Waals surface area contributed by atoms with Crippen LogP contribution in [-0.2, 0) is 21.2 Å². The Kier molecular flexibility index (Phi) is 5.63. The third-order valence-corrected chi connectivity index (χ3v) is 8.06. The number of carboxylic acids is 1. The van der Waals surface area contributed by atoms with Crippen LogP contribution in [0.4, 0.5) is 0 Å². The third kappa shape index (κ3) is 4.11. The minimum atomic E-state index is -3.88. The highest BCUT2D eigenvalue weighted by atomic mass is 32.2. The average molecular weight is 460 g/mol. The lowest BCUT2D eigenvalue weighted by atomic mass is 10.1. The molecule has 4 aromatic rings. The Morgan fingerprint density at radius 3 is 2.68 bits per heavy atom. The molecule has 1 N–H and O–H groups in total. The number of aliphatic carboxylic acids is 1. The Morgan fingerprint density at radius 1 is 1.19 bits per heavy atom. The summed E-state index contributed by atoms with van der Waals surface area (Å²) < 4.78 is 39.5. The van der Waals surface area contributed by atoms with E-state index in [1.807, 2.05) is 26.0 Å². The summed E-state index contributed by atoms with van der Waals surface area (Å²) in [5, 5.41) is 9.75. The molecule has 3 heterocycles. The molecule has 0 saturated heterocycles. The predicted molar refractivity (Wildman–Crippen MR) is 118 cm³/mol. The van der Waals surface area contributed by atoms with E-state index in [1.54, 1.807) is 30.3 Å². The van der Waals surface area contributed by atoms with Gasteiger partial charge in [0.2, 0.25) is 0 Å². The smallest absolute Gasteiger partial charge is 0.303 e. The Balaban J connectivity index is 1.80. The summed E-state index contributed by atoms with van der Waals surface area (Å²) in [4.78, 5) is 11.8. The number of nitrogens with zero attached hydrogens (tertiary/aromatic N) is 1. The van der Waals surface area contributed by atoms with Crippen LogP contribution in [-0.4, -0.2) is 30.1 Å². The van der Waals surface area contributed by atoms with Crippen molar-refractivity contribution in [2.24, 2.45) is 0 Å². The van der Waals surface area contributed by atoms with Gasteiger partial charge in [0.25, 0.3) is 10.0 Å². The zero-order chi connectivity index (χ0) is 22.2. The summed E-state index contributed by atoms with van der Waals surface area (Å²) in [5.41, 5.74) is 1.12. The van der Waals surface area contributed by atoms with Crippen molar-refractivity contribution in [2.75, 3.05) is 6.61 Å². The fourth-order valence-electron chi connectivity index (χ4n) is 3.40. The lowest BCUT2D eigenvalue weighted by Crippen LogP contribution is -2.10. The van der Waals surface area contributed by atoms with E-state index in [2.05, 4.69) is 0 Å². The zero-order valence-electron chi connectivity index (χ0n) is 17.0. The van der Waals surface area contributed by atoms with Crippen LogP contribution in [0.2, 0.25) is 0 Å². The number of ether oxygens (including phenoxy) is 1. The molecule has 4 rings (SSSR count). The summed E-state index contributed by atoms with van der Waals surface area (Å²) in [5.74, 6) is 1.02. The molecule has 0 aliphatic carbocycles. The molecule has 0 bridgehead atoms. The van der Waals surface area contributed by atoms with Gasteiger partial charge in [-0.05, 0) is 68.3 Å². The van der Waals surface area contributed by atoms with E-state index in [9.17, 15) is 13.2 Å². The van der Waals surface area contributed by atoms with Gasteiger partial charge < -0.3 is 14.3 Å². The monoisotopic (exact) mass is 459 g/mol. The van der Waals surface area contributed by atoms with Crippen LogP contribution in [0, 0.1) is 6.92 Å². The summed E-state index contributed by atoms with van der Waals surface area (Å²) in [6.07, 6.45) is 1.62. The lowest BCUT2D eigenvalue weighted by Gasteiger charge is -2.07. The van der Waals surface area contributed by atoms with Crippen LogP contribution in [0.1, 0.15) is 24.7 Å². The predicted octanol–water partition coefficient (Wildman–Crippen LogP) is 4.92. The van der Waals surface area contributed by atoms with Crippen molar-refractivity contribution in [3.63, 3.8) is 0 Å². The lowest BCUT2D eigenvalue weighted by molar-refractivity contribution is -0.136. The van der Waals surface area contributed by atoms with Gasteiger partial charge >= 0.3 is 5.97 Å². The molecule has 0 atom stereocenters. The highest BCUT2D eigenvalue weighted by Gasteiger charge is 2.24. The maximum Gasteiger partial charge on any atom is 0.303 e. The maximum atomic E-state index is 13.5. The van der Waals surface area contributed by atoms with Crippen LogP contribution < -0.4 is 4.74 Å². The Hall–Kier alpha value is -3.04. The topological polar surface area (TPSA) is 98.7 Å². The minimum Gasteiger partial charge on any atom is -0.494 e. The number of aryl methyl sites for hydroxylation is 2. The van der Waals surface area contributed by atoms with Gasteiger partial charge in [0.1, 0.15) is 21.5 Å². The molecule has 3 aromatic heterocycles. The van der Waals surface area contributed by atoms with Crippen LogP contribution in [0.25, 0.3) is 21.5 Å². The summed E-state index contributed by atoms with van der Waals surface area (Å²) in [6.45, 7) is 4.16. The van der Waals surface area contributed by atoms with Crippen molar-refractivity contribution in [3.8, 4) is 16.4 Å². The van der Waals surface area contributed by atoms with E-state index in [0.717, 1.165) is 17.1 Å².